The van der Waals surface area contributed by atoms with Crippen LogP contribution in [0.1, 0.15) is 86.8 Å². The molecule has 2 aromatic rings. The molecule has 6 nitrogen and oxygen atoms in total. The summed E-state index contributed by atoms with van der Waals surface area (Å²) in [5, 5.41) is 6.31. The summed E-state index contributed by atoms with van der Waals surface area (Å²) >= 11 is 0. The Morgan fingerprint density at radius 2 is 1.97 bits per heavy atom. The van der Waals surface area contributed by atoms with Crippen LogP contribution in [0.5, 0.6) is 0 Å². The summed E-state index contributed by atoms with van der Waals surface area (Å²) in [6, 6.07) is 5.60. The first kappa shape index (κ1) is 21.9. The lowest BCUT2D eigenvalue weighted by molar-refractivity contribution is -0.120. The predicted molar refractivity (Wildman–Crippen MR) is 134 cm³/mol. The van der Waals surface area contributed by atoms with E-state index in [-0.39, 0.29) is 18.2 Å². The van der Waals surface area contributed by atoms with Crippen LogP contribution in [0, 0.1) is 34.5 Å². The van der Waals surface area contributed by atoms with Crippen molar-refractivity contribution in [3.63, 3.8) is 0 Å². The molecule has 5 saturated carbocycles. The molecule has 5 aliphatic rings. The number of fused-ring (bicyclic) bond motifs is 3. The summed E-state index contributed by atoms with van der Waals surface area (Å²) in [5.41, 5.74) is 3.27. The quantitative estimate of drug-likeness (QED) is 0.591. The summed E-state index contributed by atoms with van der Waals surface area (Å²) in [6.07, 6.45) is 16.7. The highest BCUT2D eigenvalue weighted by Gasteiger charge is 2.75. The smallest absolute Gasteiger partial charge is 0.268 e. The fourth-order valence-electron chi connectivity index (χ4n) is 8.70. The van der Waals surface area contributed by atoms with E-state index in [2.05, 4.69) is 15.6 Å². The molecule has 2 bridgehead atoms. The monoisotopic (exact) mass is 474 g/mol. The molecular formula is C29H38N4O2. The third-order valence-electron chi connectivity index (χ3n) is 10.4. The third kappa shape index (κ3) is 3.88. The van der Waals surface area contributed by atoms with Gasteiger partial charge in [0.05, 0.1) is 12.1 Å². The van der Waals surface area contributed by atoms with Crippen LogP contribution in [0.4, 0.5) is 0 Å². The van der Waals surface area contributed by atoms with Crippen LogP contribution in [0.25, 0.3) is 5.65 Å². The molecule has 35 heavy (non-hydrogen) atoms. The minimum absolute atomic E-state index is 0.0334. The Hall–Kier alpha value is -2.37. The minimum Gasteiger partial charge on any atom is -0.356 e. The van der Waals surface area contributed by atoms with Gasteiger partial charge in [0, 0.05) is 19.3 Å². The molecule has 2 N–H and O–H groups in total. The largest absolute Gasteiger partial charge is 0.356 e. The standard InChI is InChI=1S/C29H38N4O2/c34-26(30-10-9-28-13-20-11-23(20)29(18-28)15-21(29)14-28)12-22-17-33-24(7-4-8-25(33)32-22)27(35)31-16-19-5-2-1-3-6-19/h4,7-8,17,19-21,23H,1-3,5-6,9-16,18H2,(H,30,34)(H,31,35). The number of rotatable bonds is 8. The van der Waals surface area contributed by atoms with Gasteiger partial charge in [-0.1, -0.05) is 25.3 Å². The molecule has 7 rings (SSSR count). The Kier molecular flexibility index (Phi) is 5.05. The predicted octanol–water partition coefficient (Wildman–Crippen LogP) is 4.52. The molecule has 0 aromatic carbocycles. The minimum atomic E-state index is -0.0633. The number of pyridine rings is 1. The lowest BCUT2D eigenvalue weighted by Gasteiger charge is -2.36. The topological polar surface area (TPSA) is 75.5 Å². The van der Waals surface area contributed by atoms with Crippen LogP contribution in [-0.2, 0) is 11.2 Å². The lowest BCUT2D eigenvalue weighted by atomic mass is 9.69. The first-order valence-corrected chi connectivity index (χ1v) is 14.1. The van der Waals surface area contributed by atoms with Crippen molar-refractivity contribution in [3.05, 3.63) is 35.8 Å². The Bertz CT molecular complexity index is 1160. The van der Waals surface area contributed by atoms with Crippen molar-refractivity contribution < 1.29 is 9.59 Å². The maximum atomic E-state index is 12.9. The first-order valence-electron chi connectivity index (χ1n) is 14.1. The molecule has 2 heterocycles. The highest BCUT2D eigenvalue weighted by Crippen LogP contribution is 2.84. The van der Waals surface area contributed by atoms with Gasteiger partial charge in [0.15, 0.2) is 0 Å². The number of hydrogen-bond acceptors (Lipinski definition) is 3. The zero-order valence-corrected chi connectivity index (χ0v) is 20.7. The Morgan fingerprint density at radius 1 is 1.09 bits per heavy atom. The second-order valence-electron chi connectivity index (χ2n) is 12.7. The SMILES string of the molecule is O=C(Cc1cn2c(C(=O)NCC3CCCCC3)cccc2n1)NCCC12CC3CC3C3(CC3C1)C2. The molecule has 5 fully saturated rings. The van der Waals surface area contributed by atoms with Crippen molar-refractivity contribution in [1.82, 2.24) is 20.0 Å². The zero-order chi connectivity index (χ0) is 23.6. The first-order chi connectivity index (χ1) is 17.0. The molecule has 5 atom stereocenters. The van der Waals surface area contributed by atoms with Crippen molar-refractivity contribution in [2.45, 2.75) is 77.0 Å². The number of hydrogen-bond donors (Lipinski definition) is 2. The molecule has 0 saturated heterocycles. The van der Waals surface area contributed by atoms with Crippen molar-refractivity contribution in [2.75, 3.05) is 13.1 Å². The van der Waals surface area contributed by atoms with Gasteiger partial charge in [-0.25, -0.2) is 4.98 Å². The Morgan fingerprint density at radius 3 is 2.86 bits per heavy atom. The Labute approximate surface area is 207 Å². The van der Waals surface area contributed by atoms with Crippen molar-refractivity contribution in [3.8, 4) is 0 Å². The van der Waals surface area contributed by atoms with Crippen LogP contribution in [-0.4, -0.2) is 34.3 Å². The number of amides is 2. The van der Waals surface area contributed by atoms with E-state index < -0.39 is 0 Å². The fourth-order valence-corrected chi connectivity index (χ4v) is 8.70. The lowest BCUT2D eigenvalue weighted by Crippen LogP contribution is -2.33. The van der Waals surface area contributed by atoms with Gasteiger partial charge in [0.1, 0.15) is 11.3 Å². The summed E-state index contributed by atoms with van der Waals surface area (Å²) in [4.78, 5) is 30.3. The van der Waals surface area contributed by atoms with Gasteiger partial charge < -0.3 is 10.6 Å². The summed E-state index contributed by atoms with van der Waals surface area (Å²) in [6.45, 7) is 1.52. The van der Waals surface area contributed by atoms with E-state index in [0.29, 0.717) is 28.4 Å². The van der Waals surface area contributed by atoms with E-state index in [9.17, 15) is 9.59 Å². The van der Waals surface area contributed by atoms with Gasteiger partial charge >= 0.3 is 0 Å². The molecule has 6 heteroatoms. The number of carbonyl (C=O) groups is 2. The highest BCUT2D eigenvalue weighted by atomic mass is 16.2. The van der Waals surface area contributed by atoms with Gasteiger partial charge in [-0.05, 0) is 98.0 Å². The molecule has 5 unspecified atom stereocenters. The molecular weight excluding hydrogens is 436 g/mol. The zero-order valence-electron chi connectivity index (χ0n) is 20.7. The van der Waals surface area contributed by atoms with E-state index in [1.165, 1.54) is 64.2 Å². The molecule has 5 aliphatic carbocycles. The van der Waals surface area contributed by atoms with Gasteiger partial charge in [0.25, 0.3) is 5.91 Å². The molecule has 2 aromatic heterocycles. The van der Waals surface area contributed by atoms with Crippen LogP contribution in [0.2, 0.25) is 0 Å². The normalized spacial score (nSPS) is 34.8. The van der Waals surface area contributed by atoms with Crippen LogP contribution in [0.3, 0.4) is 0 Å². The number of aromatic nitrogens is 2. The van der Waals surface area contributed by atoms with E-state index in [1.807, 2.05) is 28.8 Å². The van der Waals surface area contributed by atoms with E-state index in [0.717, 1.165) is 42.7 Å². The van der Waals surface area contributed by atoms with Crippen molar-refractivity contribution >= 4 is 17.5 Å². The average Bonchev–Trinajstić information content (AvgIpc) is 3.69. The van der Waals surface area contributed by atoms with Crippen molar-refractivity contribution in [2.24, 2.45) is 34.5 Å². The number of nitrogens with zero attached hydrogens (tertiary/aromatic N) is 2. The fraction of sp³-hybridized carbons (Fsp3) is 0.690. The van der Waals surface area contributed by atoms with Crippen molar-refractivity contribution in [1.29, 1.82) is 0 Å². The third-order valence-corrected chi connectivity index (χ3v) is 10.4. The van der Waals surface area contributed by atoms with Gasteiger partial charge in [0.2, 0.25) is 5.91 Å². The molecule has 0 aliphatic heterocycles. The summed E-state index contributed by atoms with van der Waals surface area (Å²) in [7, 11) is 0. The molecule has 186 valence electrons. The maximum Gasteiger partial charge on any atom is 0.268 e. The number of imidazole rings is 1. The van der Waals surface area contributed by atoms with E-state index in [4.69, 9.17) is 0 Å². The van der Waals surface area contributed by atoms with Crippen LogP contribution >= 0.6 is 0 Å². The van der Waals surface area contributed by atoms with Gasteiger partial charge in [-0.2, -0.15) is 0 Å². The van der Waals surface area contributed by atoms with Gasteiger partial charge in [-0.15, -0.1) is 0 Å². The second kappa shape index (κ2) is 8.07. The molecule has 2 amide bonds. The van der Waals surface area contributed by atoms with E-state index in [1.54, 1.807) is 0 Å². The average molecular weight is 475 g/mol. The van der Waals surface area contributed by atoms with Crippen LogP contribution in [0.15, 0.2) is 24.4 Å². The van der Waals surface area contributed by atoms with Crippen LogP contribution < -0.4 is 10.6 Å². The second-order valence-corrected chi connectivity index (χ2v) is 12.7. The Balaban J connectivity index is 0.944. The summed E-state index contributed by atoms with van der Waals surface area (Å²) in [5.74, 6) is 3.62. The molecule has 1 spiro atoms. The highest BCUT2D eigenvalue weighted by molar-refractivity contribution is 5.93. The summed E-state index contributed by atoms with van der Waals surface area (Å²) < 4.78 is 1.83. The molecule has 0 radical (unpaired) electrons. The number of nitrogens with one attached hydrogen (secondary N) is 2. The van der Waals surface area contributed by atoms with Gasteiger partial charge in [-0.3, -0.25) is 14.0 Å². The van der Waals surface area contributed by atoms with E-state index >= 15 is 0 Å². The number of carbonyl (C=O) groups excluding carboxylic acids is 2. The maximum absolute atomic E-state index is 12.9.